The third kappa shape index (κ3) is 3.51. The predicted octanol–water partition coefficient (Wildman–Crippen LogP) is 4.43. The second-order valence-electron chi connectivity index (χ2n) is 4.36. The molecule has 0 amide bonds. The molecule has 0 spiro atoms. The first kappa shape index (κ1) is 15.7. The zero-order valence-corrected chi connectivity index (χ0v) is 13.2. The summed E-state index contributed by atoms with van der Waals surface area (Å²) in [7, 11) is 1.55. The molecule has 5 nitrogen and oxygen atoms in total. The molecule has 0 saturated heterocycles. The first-order valence-corrected chi connectivity index (χ1v) is 7.04. The minimum Gasteiger partial charge on any atom is -0.496 e. The van der Waals surface area contributed by atoms with Gasteiger partial charge < -0.3 is 4.74 Å². The number of allylic oxidation sites excluding steroid dienone is 1. The summed E-state index contributed by atoms with van der Waals surface area (Å²) in [6, 6.07) is 13.4. The van der Waals surface area contributed by atoms with Crippen LogP contribution in [0.25, 0.3) is 11.6 Å². The van der Waals surface area contributed by atoms with Crippen LogP contribution >= 0.6 is 15.9 Å². The molecule has 0 atom stereocenters. The maximum Gasteiger partial charge on any atom is 0.269 e. The van der Waals surface area contributed by atoms with Gasteiger partial charge in [0.25, 0.3) is 5.69 Å². The summed E-state index contributed by atoms with van der Waals surface area (Å²) in [5.74, 6) is 0.637. The van der Waals surface area contributed by atoms with Crippen LogP contribution in [0, 0.1) is 21.4 Å². The van der Waals surface area contributed by atoms with Gasteiger partial charge >= 0.3 is 0 Å². The van der Waals surface area contributed by atoms with Crippen LogP contribution in [0.15, 0.2) is 46.9 Å². The monoisotopic (exact) mass is 358 g/mol. The highest BCUT2D eigenvalue weighted by Gasteiger charge is 2.08. The van der Waals surface area contributed by atoms with Crippen LogP contribution in [0.4, 0.5) is 5.69 Å². The van der Waals surface area contributed by atoms with Crippen LogP contribution in [0.5, 0.6) is 5.75 Å². The number of ether oxygens (including phenoxy) is 1. The van der Waals surface area contributed by atoms with Crippen molar-refractivity contribution in [3.8, 4) is 11.8 Å². The molecule has 0 unspecified atom stereocenters. The van der Waals surface area contributed by atoms with Crippen molar-refractivity contribution >= 4 is 33.3 Å². The molecular formula is C16H11BrN2O3. The molecule has 0 aliphatic heterocycles. The summed E-state index contributed by atoms with van der Waals surface area (Å²) in [5.41, 5.74) is 1.73. The lowest BCUT2D eigenvalue weighted by Gasteiger charge is -2.06. The highest BCUT2D eigenvalue weighted by molar-refractivity contribution is 9.10. The van der Waals surface area contributed by atoms with Gasteiger partial charge in [-0.25, -0.2) is 0 Å². The number of nitrogens with zero attached hydrogens (tertiary/aromatic N) is 2. The SMILES string of the molecule is COc1ccc(Br)cc1/C=C(\C#N)c1ccc([N+](=O)[O-])cc1. The Balaban J connectivity index is 2.46. The quantitative estimate of drug-likeness (QED) is 0.350. The number of hydrogen-bond donors (Lipinski definition) is 0. The van der Waals surface area contributed by atoms with Gasteiger partial charge in [-0.2, -0.15) is 5.26 Å². The number of nitro benzene ring substituents is 1. The lowest BCUT2D eigenvalue weighted by atomic mass is 10.0. The Bertz CT molecular complexity index is 777. The Morgan fingerprint density at radius 2 is 2.00 bits per heavy atom. The van der Waals surface area contributed by atoms with Crippen molar-refractivity contribution in [2.45, 2.75) is 0 Å². The third-order valence-corrected chi connectivity index (χ3v) is 3.49. The molecule has 0 aromatic heterocycles. The highest BCUT2D eigenvalue weighted by atomic mass is 79.9. The van der Waals surface area contributed by atoms with Crippen LogP contribution in [-0.4, -0.2) is 12.0 Å². The molecular weight excluding hydrogens is 348 g/mol. The summed E-state index contributed by atoms with van der Waals surface area (Å²) in [4.78, 5) is 10.2. The number of non-ortho nitro benzene ring substituents is 1. The summed E-state index contributed by atoms with van der Waals surface area (Å²) in [5, 5.41) is 20.0. The third-order valence-electron chi connectivity index (χ3n) is 3.00. The fourth-order valence-corrected chi connectivity index (χ4v) is 2.30. The van der Waals surface area contributed by atoms with Gasteiger partial charge in [0.1, 0.15) is 5.75 Å². The molecule has 0 bridgehead atoms. The largest absolute Gasteiger partial charge is 0.496 e. The van der Waals surface area contributed by atoms with E-state index in [1.54, 1.807) is 31.4 Å². The molecule has 0 aliphatic rings. The van der Waals surface area contributed by atoms with Crippen LogP contribution in [0.2, 0.25) is 0 Å². The minimum atomic E-state index is -0.475. The van der Waals surface area contributed by atoms with Gasteiger partial charge in [-0.15, -0.1) is 0 Å². The van der Waals surface area contributed by atoms with E-state index in [4.69, 9.17) is 4.74 Å². The van der Waals surface area contributed by atoms with Gasteiger partial charge in [0.05, 0.1) is 23.7 Å². The molecule has 6 heteroatoms. The molecule has 2 rings (SSSR count). The smallest absolute Gasteiger partial charge is 0.269 e. The molecule has 0 fully saturated rings. The number of methoxy groups -OCH3 is 1. The van der Waals surface area contributed by atoms with E-state index in [1.165, 1.54) is 12.1 Å². The first-order chi connectivity index (χ1) is 10.5. The normalized spacial score (nSPS) is 10.9. The van der Waals surface area contributed by atoms with Crippen LogP contribution < -0.4 is 4.74 Å². The van der Waals surface area contributed by atoms with Gasteiger partial charge in [-0.1, -0.05) is 15.9 Å². The fourth-order valence-electron chi connectivity index (χ4n) is 1.92. The van der Waals surface area contributed by atoms with Crippen molar-refractivity contribution in [3.63, 3.8) is 0 Å². The summed E-state index contributed by atoms with van der Waals surface area (Å²) < 4.78 is 6.13. The number of rotatable bonds is 4. The lowest BCUT2D eigenvalue weighted by Crippen LogP contribution is -1.90. The van der Waals surface area contributed by atoms with Gasteiger partial charge in [0.15, 0.2) is 0 Å². The average Bonchev–Trinajstić information content (AvgIpc) is 2.53. The molecule has 2 aromatic rings. The second kappa shape index (κ2) is 6.87. The van der Waals surface area contributed by atoms with E-state index in [-0.39, 0.29) is 5.69 Å². The Labute approximate surface area is 135 Å². The van der Waals surface area contributed by atoms with E-state index in [0.717, 1.165) is 10.0 Å². The van der Waals surface area contributed by atoms with Gasteiger partial charge in [0, 0.05) is 22.2 Å². The predicted molar refractivity (Wildman–Crippen MR) is 87.3 cm³/mol. The van der Waals surface area contributed by atoms with Crippen LogP contribution in [0.3, 0.4) is 0 Å². The topological polar surface area (TPSA) is 76.2 Å². The average molecular weight is 359 g/mol. The van der Waals surface area contributed by atoms with Crippen LogP contribution in [-0.2, 0) is 0 Å². The molecule has 0 radical (unpaired) electrons. The Morgan fingerprint density at radius 3 is 2.55 bits per heavy atom. The molecule has 0 heterocycles. The molecule has 0 N–H and O–H groups in total. The van der Waals surface area contributed by atoms with E-state index in [9.17, 15) is 15.4 Å². The Hall–Kier alpha value is -2.65. The van der Waals surface area contributed by atoms with Crippen molar-refractivity contribution in [2.24, 2.45) is 0 Å². The van der Waals surface area contributed by atoms with Crippen molar-refractivity contribution in [1.29, 1.82) is 5.26 Å². The van der Waals surface area contributed by atoms with Crippen LogP contribution in [0.1, 0.15) is 11.1 Å². The maximum absolute atomic E-state index is 10.7. The Morgan fingerprint density at radius 1 is 1.32 bits per heavy atom. The van der Waals surface area contributed by atoms with Gasteiger partial charge in [-0.3, -0.25) is 10.1 Å². The van der Waals surface area contributed by atoms with Crippen molar-refractivity contribution in [3.05, 3.63) is 68.2 Å². The number of nitriles is 1. The van der Waals surface area contributed by atoms with Gasteiger partial charge in [-0.05, 0) is 42.0 Å². The number of hydrogen-bond acceptors (Lipinski definition) is 4. The molecule has 0 aliphatic carbocycles. The second-order valence-corrected chi connectivity index (χ2v) is 5.28. The number of halogens is 1. The minimum absolute atomic E-state index is 0.0129. The highest BCUT2D eigenvalue weighted by Crippen LogP contribution is 2.28. The van der Waals surface area contributed by atoms with E-state index < -0.39 is 4.92 Å². The lowest BCUT2D eigenvalue weighted by molar-refractivity contribution is -0.384. The van der Waals surface area contributed by atoms with Crippen molar-refractivity contribution in [2.75, 3.05) is 7.11 Å². The number of benzene rings is 2. The standard InChI is InChI=1S/C16H11BrN2O3/c1-22-16-7-4-14(17)9-12(16)8-13(10-18)11-2-5-15(6-3-11)19(20)21/h2-9H,1H3/b13-8+. The Kier molecular flexibility index (Phi) is 4.92. The summed E-state index contributed by atoms with van der Waals surface area (Å²) in [6.45, 7) is 0. The molecule has 110 valence electrons. The first-order valence-electron chi connectivity index (χ1n) is 6.25. The van der Waals surface area contributed by atoms with Crippen molar-refractivity contribution in [1.82, 2.24) is 0 Å². The molecule has 22 heavy (non-hydrogen) atoms. The van der Waals surface area contributed by atoms with E-state index in [2.05, 4.69) is 22.0 Å². The summed E-state index contributed by atoms with van der Waals surface area (Å²) in [6.07, 6.45) is 1.69. The molecule has 0 saturated carbocycles. The molecule has 2 aromatic carbocycles. The fraction of sp³-hybridized carbons (Fsp3) is 0.0625. The van der Waals surface area contributed by atoms with Crippen molar-refractivity contribution < 1.29 is 9.66 Å². The summed E-state index contributed by atoms with van der Waals surface area (Å²) >= 11 is 3.38. The van der Waals surface area contributed by atoms with E-state index in [0.29, 0.717) is 16.9 Å². The maximum atomic E-state index is 10.7. The zero-order valence-electron chi connectivity index (χ0n) is 11.6. The zero-order chi connectivity index (χ0) is 16.1. The number of nitro groups is 1. The van der Waals surface area contributed by atoms with E-state index in [1.807, 2.05) is 12.1 Å². The van der Waals surface area contributed by atoms with E-state index >= 15 is 0 Å². The van der Waals surface area contributed by atoms with Gasteiger partial charge in [0.2, 0.25) is 0 Å².